The quantitative estimate of drug-likeness (QED) is 0.764. The van der Waals surface area contributed by atoms with Crippen LogP contribution in [0.1, 0.15) is 21.7 Å². The van der Waals surface area contributed by atoms with E-state index in [9.17, 15) is 4.79 Å². The van der Waals surface area contributed by atoms with Crippen molar-refractivity contribution < 1.29 is 14.3 Å². The van der Waals surface area contributed by atoms with Crippen LogP contribution in [-0.4, -0.2) is 41.2 Å². The zero-order valence-electron chi connectivity index (χ0n) is 8.60. The van der Waals surface area contributed by atoms with Gasteiger partial charge in [-0.25, -0.2) is 9.79 Å². The van der Waals surface area contributed by atoms with E-state index in [1.54, 1.807) is 13.3 Å². The summed E-state index contributed by atoms with van der Waals surface area (Å²) in [6.45, 7) is 3.02. The summed E-state index contributed by atoms with van der Waals surface area (Å²) in [7, 11) is 0. The lowest BCUT2D eigenvalue weighted by Crippen LogP contribution is -2.30. The van der Waals surface area contributed by atoms with Gasteiger partial charge in [0.05, 0.1) is 12.1 Å². The smallest absolute Gasteiger partial charge is 0.340 e. The van der Waals surface area contributed by atoms with Crippen LogP contribution in [-0.2, 0) is 0 Å². The normalized spacial score (nSPS) is 17.1. The van der Waals surface area contributed by atoms with E-state index in [-0.39, 0.29) is 5.56 Å². The van der Waals surface area contributed by atoms with Crippen LogP contribution in [0.5, 0.6) is 0 Å². The molecule has 6 heteroatoms. The fourth-order valence-electron chi connectivity index (χ4n) is 2.00. The summed E-state index contributed by atoms with van der Waals surface area (Å²) < 4.78 is 5.32. The molecule has 2 aliphatic heterocycles. The molecule has 0 aromatic carbocycles. The second-order valence-electron chi connectivity index (χ2n) is 3.66. The van der Waals surface area contributed by atoms with Crippen molar-refractivity contribution in [1.82, 2.24) is 4.90 Å². The number of aryl methyl sites for hydroxylation is 1. The second-order valence-corrected chi connectivity index (χ2v) is 3.66. The minimum Gasteiger partial charge on any atom is -0.478 e. The summed E-state index contributed by atoms with van der Waals surface area (Å²) >= 11 is 0. The van der Waals surface area contributed by atoms with Crippen molar-refractivity contribution in [2.24, 2.45) is 9.98 Å². The van der Waals surface area contributed by atoms with Gasteiger partial charge in [0.25, 0.3) is 0 Å². The Balaban J connectivity index is 2.28. The van der Waals surface area contributed by atoms with E-state index in [0.29, 0.717) is 29.6 Å². The molecule has 0 bridgehead atoms. The monoisotopic (exact) mass is 219 g/mol. The molecule has 3 heterocycles. The number of amidine groups is 1. The van der Waals surface area contributed by atoms with E-state index in [4.69, 9.17) is 9.52 Å². The van der Waals surface area contributed by atoms with Gasteiger partial charge in [0.15, 0.2) is 0 Å². The van der Waals surface area contributed by atoms with E-state index in [1.165, 1.54) is 0 Å². The predicted molar refractivity (Wildman–Crippen MR) is 56.7 cm³/mol. The molecule has 3 rings (SSSR count). The van der Waals surface area contributed by atoms with Crippen molar-refractivity contribution in [3.8, 4) is 0 Å². The van der Waals surface area contributed by atoms with Gasteiger partial charge in [-0.15, -0.1) is 0 Å². The summed E-state index contributed by atoms with van der Waals surface area (Å²) in [6, 6.07) is 0. The molecule has 1 N–H and O–H groups in total. The largest absolute Gasteiger partial charge is 0.478 e. The van der Waals surface area contributed by atoms with Gasteiger partial charge < -0.3 is 14.4 Å². The average molecular weight is 219 g/mol. The maximum atomic E-state index is 11.2. The number of rotatable bonds is 1. The molecule has 1 aromatic heterocycles. The number of carbonyl (C=O) groups is 1. The zero-order chi connectivity index (χ0) is 11.3. The van der Waals surface area contributed by atoms with E-state index in [1.807, 2.05) is 4.90 Å². The maximum Gasteiger partial charge on any atom is 0.340 e. The third kappa shape index (κ3) is 1.04. The zero-order valence-corrected chi connectivity index (χ0v) is 8.60. The van der Waals surface area contributed by atoms with E-state index < -0.39 is 5.97 Å². The summed E-state index contributed by atoms with van der Waals surface area (Å²) in [5.41, 5.74) is 0.669. The van der Waals surface area contributed by atoms with Crippen molar-refractivity contribution in [2.45, 2.75) is 6.92 Å². The molecule has 0 spiro atoms. The second kappa shape index (κ2) is 2.94. The van der Waals surface area contributed by atoms with E-state index in [2.05, 4.69) is 9.98 Å². The molecule has 0 unspecified atom stereocenters. The molecule has 0 saturated carbocycles. The molecule has 1 aromatic rings. The molecule has 0 radical (unpaired) electrons. The third-order valence-corrected chi connectivity index (χ3v) is 2.69. The van der Waals surface area contributed by atoms with E-state index >= 15 is 0 Å². The molecule has 16 heavy (non-hydrogen) atoms. The summed E-state index contributed by atoms with van der Waals surface area (Å²) in [5, 5.41) is 9.15. The summed E-state index contributed by atoms with van der Waals surface area (Å²) in [6.07, 6.45) is 1.63. The minimum absolute atomic E-state index is 0.164. The van der Waals surface area contributed by atoms with Crippen LogP contribution in [0.25, 0.3) is 0 Å². The lowest BCUT2D eigenvalue weighted by Gasteiger charge is -2.17. The molecule has 6 nitrogen and oxygen atoms in total. The first-order chi connectivity index (χ1) is 7.68. The van der Waals surface area contributed by atoms with Crippen LogP contribution < -0.4 is 0 Å². The summed E-state index contributed by atoms with van der Waals surface area (Å²) in [4.78, 5) is 21.4. The number of carboxylic acid groups (broad SMARTS) is 1. The Morgan fingerprint density at radius 2 is 2.44 bits per heavy atom. The van der Waals surface area contributed by atoms with Crippen LogP contribution >= 0.6 is 0 Å². The highest BCUT2D eigenvalue weighted by Crippen LogP contribution is 2.34. The Hall–Kier alpha value is -2.11. The highest BCUT2D eigenvalue weighted by atomic mass is 16.4. The molecule has 0 saturated heterocycles. The number of hydrogen-bond donors (Lipinski definition) is 1. The first-order valence-corrected chi connectivity index (χ1v) is 4.91. The lowest BCUT2D eigenvalue weighted by atomic mass is 10.1. The molecule has 0 amide bonds. The lowest BCUT2D eigenvalue weighted by molar-refractivity contribution is 0.0695. The van der Waals surface area contributed by atoms with Crippen LogP contribution in [0.3, 0.4) is 0 Å². The number of aliphatic imine (C=N–C) groups is 2. The van der Waals surface area contributed by atoms with Gasteiger partial charge in [0.2, 0.25) is 5.88 Å². The Labute approximate surface area is 90.9 Å². The predicted octanol–water partition coefficient (Wildman–Crippen LogP) is 1.02. The van der Waals surface area contributed by atoms with E-state index in [0.717, 1.165) is 6.54 Å². The Kier molecular flexibility index (Phi) is 1.68. The van der Waals surface area contributed by atoms with Crippen LogP contribution in [0.15, 0.2) is 14.4 Å². The van der Waals surface area contributed by atoms with Crippen molar-refractivity contribution >= 4 is 24.0 Å². The number of furan rings is 1. The van der Waals surface area contributed by atoms with Crippen LogP contribution in [0.4, 0.5) is 5.88 Å². The molecular weight excluding hydrogens is 210 g/mol. The van der Waals surface area contributed by atoms with Crippen molar-refractivity contribution in [3.05, 3.63) is 16.9 Å². The van der Waals surface area contributed by atoms with Crippen LogP contribution in [0, 0.1) is 6.92 Å². The SMILES string of the molecule is Cc1oc2c(c1C(=O)O)C1=NCCN1C=N2. The first kappa shape index (κ1) is 9.14. The van der Waals surface area contributed by atoms with Gasteiger partial charge in [0.1, 0.15) is 23.5 Å². The third-order valence-electron chi connectivity index (χ3n) is 2.69. The van der Waals surface area contributed by atoms with Crippen LogP contribution in [0.2, 0.25) is 0 Å². The number of carboxylic acids is 1. The average Bonchev–Trinajstić information content (AvgIpc) is 2.78. The molecule has 0 fully saturated rings. The number of nitrogens with zero attached hydrogens (tertiary/aromatic N) is 3. The van der Waals surface area contributed by atoms with Crippen molar-refractivity contribution in [3.63, 3.8) is 0 Å². The fourth-order valence-corrected chi connectivity index (χ4v) is 2.00. The Morgan fingerprint density at radius 1 is 1.62 bits per heavy atom. The molecule has 2 aliphatic rings. The Bertz CT molecular complexity index is 542. The van der Waals surface area contributed by atoms with Gasteiger partial charge in [-0.1, -0.05) is 0 Å². The molecule has 0 aliphatic carbocycles. The highest BCUT2D eigenvalue weighted by molar-refractivity contribution is 6.16. The molecular formula is C10H9N3O3. The van der Waals surface area contributed by atoms with Gasteiger partial charge in [-0.3, -0.25) is 4.99 Å². The van der Waals surface area contributed by atoms with Gasteiger partial charge in [-0.05, 0) is 6.92 Å². The van der Waals surface area contributed by atoms with Gasteiger partial charge in [-0.2, -0.15) is 0 Å². The first-order valence-electron chi connectivity index (χ1n) is 4.91. The van der Waals surface area contributed by atoms with Gasteiger partial charge >= 0.3 is 5.97 Å². The van der Waals surface area contributed by atoms with Crippen molar-refractivity contribution in [1.29, 1.82) is 0 Å². The standard InChI is InChI=1S/C10H9N3O3/c1-5-6(10(14)15)7-8-11-2-3-13(8)4-12-9(7)16-5/h4H,2-3H2,1H3,(H,14,15). The highest BCUT2D eigenvalue weighted by Gasteiger charge is 2.33. The van der Waals surface area contributed by atoms with Crippen molar-refractivity contribution in [2.75, 3.05) is 13.1 Å². The number of hydrogen-bond acceptors (Lipinski definition) is 5. The minimum atomic E-state index is -1.01. The van der Waals surface area contributed by atoms with Gasteiger partial charge in [0, 0.05) is 6.54 Å². The Morgan fingerprint density at radius 3 is 3.19 bits per heavy atom. The topological polar surface area (TPSA) is 78.4 Å². The number of fused-ring (bicyclic) bond motifs is 3. The fraction of sp³-hybridized carbons (Fsp3) is 0.300. The molecule has 82 valence electrons. The maximum absolute atomic E-state index is 11.2. The molecule has 0 atom stereocenters. The number of aromatic carboxylic acids is 1. The summed E-state index contributed by atoms with van der Waals surface area (Å²) in [5.74, 6) is 0.353.